The number of nitrogens with one attached hydrogen (secondary N) is 1. The monoisotopic (exact) mass is 460 g/mol. The van der Waals surface area contributed by atoms with Gasteiger partial charge in [0.25, 0.3) is 0 Å². The number of aliphatic hydroxyl groups is 1. The summed E-state index contributed by atoms with van der Waals surface area (Å²) in [6, 6.07) is 12.4. The van der Waals surface area contributed by atoms with Gasteiger partial charge in [0.1, 0.15) is 0 Å². The number of aliphatic hydroxyl groups excluding tert-OH is 1. The topological polar surface area (TPSA) is 53.3 Å². The number of halogens is 3. The quantitative estimate of drug-likeness (QED) is 0.550. The summed E-state index contributed by atoms with van der Waals surface area (Å²) in [5.74, 6) is 0. The van der Waals surface area contributed by atoms with E-state index in [9.17, 15) is 18.3 Å². The van der Waals surface area contributed by atoms with E-state index >= 15 is 0 Å². The third kappa shape index (κ3) is 3.86. The van der Waals surface area contributed by atoms with Gasteiger partial charge in [0.05, 0.1) is 35.6 Å². The minimum atomic E-state index is -4.48. The second-order valence-corrected chi connectivity index (χ2v) is 8.11. The first-order chi connectivity index (χ1) is 15.2. The van der Waals surface area contributed by atoms with Crippen LogP contribution in [-0.2, 0) is 6.18 Å². The van der Waals surface area contributed by atoms with Gasteiger partial charge in [0.2, 0.25) is 0 Å². The van der Waals surface area contributed by atoms with Crippen LogP contribution in [0.3, 0.4) is 0 Å². The largest absolute Gasteiger partial charge is 0.418 e. The standard InChI is InChI=1S/C23H23F3N4OS/c1-14-13-16(15(2)30(14)19-9-4-3-7-17(19)23(24,25)26)21-20(18-8-5-6-10-27-18)28-22(32)29(21)11-12-31/h3-10,13,20-21,31H,11-12H2,1-2H3,(H,28,32)/t20-,21+/m0/s1. The van der Waals surface area contributed by atoms with Crippen molar-refractivity contribution in [3.8, 4) is 5.69 Å². The highest BCUT2D eigenvalue weighted by Gasteiger charge is 2.41. The van der Waals surface area contributed by atoms with Crippen molar-refractivity contribution in [2.24, 2.45) is 0 Å². The minimum absolute atomic E-state index is 0.0814. The minimum Gasteiger partial charge on any atom is -0.395 e. The number of aryl methyl sites for hydroxylation is 1. The SMILES string of the molecule is Cc1cc([C@@H]2[C@H](c3ccccn3)NC(=S)N2CCO)c(C)n1-c1ccccc1C(F)(F)F. The van der Waals surface area contributed by atoms with Gasteiger partial charge in [-0.2, -0.15) is 13.2 Å². The third-order valence-electron chi connectivity index (χ3n) is 5.78. The Hall–Kier alpha value is -2.91. The summed E-state index contributed by atoms with van der Waals surface area (Å²) in [6.45, 7) is 3.78. The van der Waals surface area contributed by atoms with E-state index in [2.05, 4.69) is 10.3 Å². The van der Waals surface area contributed by atoms with Gasteiger partial charge in [-0.1, -0.05) is 18.2 Å². The van der Waals surface area contributed by atoms with E-state index in [0.717, 1.165) is 17.3 Å². The lowest BCUT2D eigenvalue weighted by atomic mass is 9.97. The van der Waals surface area contributed by atoms with E-state index in [-0.39, 0.29) is 24.4 Å². The molecule has 2 atom stereocenters. The highest BCUT2D eigenvalue weighted by atomic mass is 32.1. The molecular weight excluding hydrogens is 437 g/mol. The Bertz CT molecular complexity index is 1130. The fraction of sp³-hybridized carbons (Fsp3) is 0.304. The lowest BCUT2D eigenvalue weighted by Crippen LogP contribution is -2.32. The second-order valence-electron chi connectivity index (χ2n) is 7.72. The Morgan fingerprint density at radius 2 is 1.84 bits per heavy atom. The molecule has 0 aliphatic carbocycles. The first-order valence-electron chi connectivity index (χ1n) is 10.2. The van der Waals surface area contributed by atoms with Crippen LogP contribution in [-0.4, -0.2) is 37.8 Å². The summed E-state index contributed by atoms with van der Waals surface area (Å²) >= 11 is 5.53. The zero-order valence-electron chi connectivity index (χ0n) is 17.6. The van der Waals surface area contributed by atoms with Gasteiger partial charge in [0.15, 0.2) is 5.11 Å². The van der Waals surface area contributed by atoms with Crippen LogP contribution in [0.5, 0.6) is 0 Å². The lowest BCUT2D eigenvalue weighted by molar-refractivity contribution is -0.137. The molecule has 1 aliphatic heterocycles. The third-order valence-corrected chi connectivity index (χ3v) is 6.13. The van der Waals surface area contributed by atoms with E-state index < -0.39 is 11.7 Å². The van der Waals surface area contributed by atoms with Crippen LogP contribution in [0.25, 0.3) is 5.69 Å². The Morgan fingerprint density at radius 1 is 1.12 bits per heavy atom. The van der Waals surface area contributed by atoms with E-state index in [1.807, 2.05) is 36.1 Å². The molecule has 0 spiro atoms. The van der Waals surface area contributed by atoms with Gasteiger partial charge < -0.3 is 19.9 Å². The highest BCUT2D eigenvalue weighted by molar-refractivity contribution is 7.80. The first kappa shape index (κ1) is 22.3. The van der Waals surface area contributed by atoms with Crippen LogP contribution in [0.15, 0.2) is 54.7 Å². The van der Waals surface area contributed by atoms with Gasteiger partial charge in [-0.3, -0.25) is 4.98 Å². The molecular formula is C23H23F3N4OS. The van der Waals surface area contributed by atoms with Gasteiger partial charge >= 0.3 is 6.18 Å². The Labute approximate surface area is 189 Å². The van der Waals surface area contributed by atoms with Crippen LogP contribution in [0.4, 0.5) is 13.2 Å². The Kier molecular flexibility index (Phi) is 5.96. The molecule has 5 nitrogen and oxygen atoms in total. The van der Waals surface area contributed by atoms with Crippen molar-refractivity contribution < 1.29 is 18.3 Å². The molecule has 0 saturated carbocycles. The number of para-hydroxylation sites is 1. The maximum Gasteiger partial charge on any atom is 0.418 e. The number of pyridine rings is 1. The molecule has 0 radical (unpaired) electrons. The van der Waals surface area contributed by atoms with Crippen molar-refractivity contribution >= 4 is 17.3 Å². The summed E-state index contributed by atoms with van der Waals surface area (Å²) in [4.78, 5) is 6.33. The number of thiocarbonyl (C=S) groups is 1. The molecule has 3 aromatic rings. The maximum absolute atomic E-state index is 13.7. The highest BCUT2D eigenvalue weighted by Crippen LogP contribution is 2.42. The smallest absolute Gasteiger partial charge is 0.395 e. The van der Waals surface area contributed by atoms with Gasteiger partial charge in [0, 0.05) is 24.1 Å². The van der Waals surface area contributed by atoms with E-state index in [0.29, 0.717) is 23.0 Å². The van der Waals surface area contributed by atoms with Gasteiger partial charge in [-0.15, -0.1) is 0 Å². The average molecular weight is 461 g/mol. The van der Waals surface area contributed by atoms with E-state index in [1.54, 1.807) is 23.8 Å². The van der Waals surface area contributed by atoms with E-state index in [4.69, 9.17) is 12.2 Å². The number of β-amino-alcohol motifs (C(OH)–C–C–N with tert-alkyl or cyclic N) is 1. The summed E-state index contributed by atoms with van der Waals surface area (Å²) in [6.07, 6.45) is -2.79. The fourth-order valence-corrected chi connectivity index (χ4v) is 4.79. The Balaban J connectivity index is 1.87. The van der Waals surface area contributed by atoms with Gasteiger partial charge in [-0.05, 0) is 62.0 Å². The van der Waals surface area contributed by atoms with Crippen molar-refractivity contribution in [3.05, 3.63) is 82.9 Å². The van der Waals surface area contributed by atoms with Crippen LogP contribution in [0.2, 0.25) is 0 Å². The Morgan fingerprint density at radius 3 is 2.50 bits per heavy atom. The first-order valence-corrected chi connectivity index (χ1v) is 10.6. The predicted octanol–water partition coefficient (Wildman–Crippen LogP) is 4.47. The average Bonchev–Trinajstić information content (AvgIpc) is 3.24. The molecule has 2 aromatic heterocycles. The van der Waals surface area contributed by atoms with Crippen LogP contribution in [0, 0.1) is 13.8 Å². The number of nitrogens with zero attached hydrogens (tertiary/aromatic N) is 3. The number of aromatic nitrogens is 2. The summed E-state index contributed by atoms with van der Waals surface area (Å²) in [7, 11) is 0. The van der Waals surface area contributed by atoms with Crippen molar-refractivity contribution in [1.29, 1.82) is 0 Å². The molecule has 9 heteroatoms. The predicted molar refractivity (Wildman–Crippen MR) is 119 cm³/mol. The molecule has 1 aromatic carbocycles. The number of alkyl halides is 3. The van der Waals surface area contributed by atoms with Crippen LogP contribution < -0.4 is 5.32 Å². The lowest BCUT2D eigenvalue weighted by Gasteiger charge is -2.27. The number of rotatable bonds is 5. The molecule has 1 aliphatic rings. The van der Waals surface area contributed by atoms with Crippen molar-refractivity contribution in [2.75, 3.05) is 13.2 Å². The summed E-state index contributed by atoms with van der Waals surface area (Å²) in [5.41, 5.74) is 2.34. The molecule has 0 amide bonds. The number of hydrogen-bond donors (Lipinski definition) is 2. The molecule has 168 valence electrons. The molecule has 0 unspecified atom stereocenters. The molecule has 2 N–H and O–H groups in total. The van der Waals surface area contributed by atoms with Gasteiger partial charge in [-0.25, -0.2) is 0 Å². The molecule has 4 rings (SSSR count). The molecule has 3 heterocycles. The van der Waals surface area contributed by atoms with E-state index in [1.165, 1.54) is 12.1 Å². The molecule has 1 fully saturated rings. The normalized spacial score (nSPS) is 18.8. The second kappa shape index (κ2) is 8.55. The molecule has 1 saturated heterocycles. The number of hydrogen-bond acceptors (Lipinski definition) is 3. The van der Waals surface area contributed by atoms with Crippen LogP contribution in [0.1, 0.15) is 40.3 Å². The summed E-state index contributed by atoms with van der Waals surface area (Å²) < 4.78 is 42.8. The zero-order chi connectivity index (χ0) is 23.0. The number of benzene rings is 1. The molecule has 32 heavy (non-hydrogen) atoms. The maximum atomic E-state index is 13.7. The zero-order valence-corrected chi connectivity index (χ0v) is 18.4. The van der Waals surface area contributed by atoms with Crippen LogP contribution >= 0.6 is 12.2 Å². The van der Waals surface area contributed by atoms with Crippen molar-refractivity contribution in [2.45, 2.75) is 32.1 Å². The van der Waals surface area contributed by atoms with Crippen molar-refractivity contribution in [1.82, 2.24) is 19.8 Å². The summed E-state index contributed by atoms with van der Waals surface area (Å²) in [5, 5.41) is 13.4. The fourth-order valence-electron chi connectivity index (χ4n) is 4.46. The van der Waals surface area contributed by atoms with Crippen molar-refractivity contribution in [3.63, 3.8) is 0 Å². The molecule has 0 bridgehead atoms.